The van der Waals surface area contributed by atoms with Crippen molar-refractivity contribution in [3.8, 4) is 17.2 Å². The highest BCUT2D eigenvalue weighted by Gasteiger charge is 2.53. The maximum Gasteiger partial charge on any atom is 0.308 e. The lowest BCUT2D eigenvalue weighted by Gasteiger charge is -2.37. The van der Waals surface area contributed by atoms with Gasteiger partial charge in [-0.3, -0.25) is 9.00 Å². The molecule has 2 aromatic rings. The summed E-state index contributed by atoms with van der Waals surface area (Å²) in [7, 11) is 0.292. The summed E-state index contributed by atoms with van der Waals surface area (Å²) in [5.74, 6) is 0.321. The number of methoxy groups -OCH3 is 1. The van der Waals surface area contributed by atoms with Crippen molar-refractivity contribution in [3.05, 3.63) is 53.6 Å². The quantitative estimate of drug-likeness (QED) is 0.676. The number of benzene rings is 2. The van der Waals surface area contributed by atoms with Crippen LogP contribution in [0.4, 0.5) is 0 Å². The van der Waals surface area contributed by atoms with Gasteiger partial charge >= 0.3 is 5.97 Å². The predicted molar refractivity (Wildman–Crippen MR) is 117 cm³/mol. The van der Waals surface area contributed by atoms with E-state index >= 15 is 0 Å². The first-order valence-corrected chi connectivity index (χ1v) is 11.6. The third kappa shape index (κ3) is 3.68. The highest BCUT2D eigenvalue weighted by atomic mass is 32.2. The number of fused-ring (bicyclic) bond motifs is 1. The Balaban J connectivity index is 1.75. The average Bonchev–Trinajstić information content (AvgIpc) is 3.45. The van der Waals surface area contributed by atoms with Crippen LogP contribution in [0.1, 0.15) is 31.0 Å². The first-order valence-electron chi connectivity index (χ1n) is 10.3. The first-order chi connectivity index (χ1) is 14.9. The molecule has 0 aromatic heterocycles. The molecular formula is C23H27NO6S. The lowest BCUT2D eigenvalue weighted by molar-refractivity contribution is -0.144. The Morgan fingerprint density at radius 3 is 2.58 bits per heavy atom. The molecule has 7 nitrogen and oxygen atoms in total. The van der Waals surface area contributed by atoms with E-state index in [0.717, 1.165) is 11.1 Å². The summed E-state index contributed by atoms with van der Waals surface area (Å²) in [6.45, 7) is 4.35. The summed E-state index contributed by atoms with van der Waals surface area (Å²) >= 11 is 0. The van der Waals surface area contributed by atoms with Gasteiger partial charge < -0.3 is 24.6 Å². The molecule has 2 N–H and O–H groups in total. The molecule has 0 amide bonds. The van der Waals surface area contributed by atoms with E-state index in [-0.39, 0.29) is 6.79 Å². The summed E-state index contributed by atoms with van der Waals surface area (Å²) in [4.78, 5) is 12.5. The molecule has 2 heterocycles. The van der Waals surface area contributed by atoms with Crippen LogP contribution in [0.3, 0.4) is 0 Å². The van der Waals surface area contributed by atoms with Gasteiger partial charge in [0.1, 0.15) is 5.75 Å². The zero-order valence-corrected chi connectivity index (χ0v) is 18.6. The smallest absolute Gasteiger partial charge is 0.308 e. The Morgan fingerprint density at radius 2 is 1.94 bits per heavy atom. The average molecular weight is 446 g/mol. The van der Waals surface area contributed by atoms with Crippen LogP contribution in [0.2, 0.25) is 0 Å². The second-order valence-electron chi connectivity index (χ2n) is 7.94. The van der Waals surface area contributed by atoms with Crippen molar-refractivity contribution in [2.24, 2.45) is 11.8 Å². The largest absolute Gasteiger partial charge is 0.497 e. The molecule has 0 radical (unpaired) electrons. The second-order valence-corrected chi connectivity index (χ2v) is 10.1. The van der Waals surface area contributed by atoms with Crippen molar-refractivity contribution >= 4 is 16.8 Å². The molecule has 2 aliphatic rings. The number of nitrogens with one attached hydrogen (secondary N) is 1. The number of aliphatic carboxylic acids is 1. The minimum atomic E-state index is -1.30. The molecule has 0 spiro atoms. The molecular weight excluding hydrogens is 418 g/mol. The van der Waals surface area contributed by atoms with Crippen molar-refractivity contribution in [2.75, 3.05) is 26.2 Å². The van der Waals surface area contributed by atoms with Crippen molar-refractivity contribution in [1.82, 2.24) is 5.32 Å². The molecule has 1 saturated heterocycles. The van der Waals surface area contributed by atoms with Gasteiger partial charge in [0.05, 0.1) is 17.8 Å². The van der Waals surface area contributed by atoms with Gasteiger partial charge in [-0.05, 0) is 42.3 Å². The van der Waals surface area contributed by atoms with E-state index in [1.807, 2.05) is 56.3 Å². The molecule has 8 heteroatoms. The fourth-order valence-corrected chi connectivity index (χ4v) is 6.31. The third-order valence-electron chi connectivity index (χ3n) is 6.50. The normalized spacial score (nSPS) is 25.1. The zero-order valence-electron chi connectivity index (χ0n) is 17.8. The predicted octanol–water partition coefficient (Wildman–Crippen LogP) is 3.07. The van der Waals surface area contributed by atoms with Crippen molar-refractivity contribution in [2.45, 2.75) is 24.6 Å². The van der Waals surface area contributed by atoms with E-state index in [0.29, 0.717) is 29.5 Å². The number of rotatable bonds is 7. The highest BCUT2D eigenvalue weighted by molar-refractivity contribution is 7.86. The van der Waals surface area contributed by atoms with E-state index in [9.17, 15) is 14.1 Å². The topological polar surface area (TPSA) is 94.1 Å². The molecule has 1 fully saturated rings. The van der Waals surface area contributed by atoms with Crippen LogP contribution in [0.5, 0.6) is 17.2 Å². The fourth-order valence-electron chi connectivity index (χ4n) is 4.75. The number of carboxylic acids is 1. The first kappa shape index (κ1) is 21.6. The van der Waals surface area contributed by atoms with E-state index in [2.05, 4.69) is 5.32 Å². The van der Waals surface area contributed by atoms with Gasteiger partial charge in [-0.25, -0.2) is 0 Å². The van der Waals surface area contributed by atoms with E-state index in [1.54, 1.807) is 7.11 Å². The maximum atomic E-state index is 13.4. The maximum absolute atomic E-state index is 13.4. The van der Waals surface area contributed by atoms with E-state index < -0.39 is 39.4 Å². The van der Waals surface area contributed by atoms with Crippen LogP contribution in [-0.2, 0) is 20.3 Å². The summed E-state index contributed by atoms with van der Waals surface area (Å²) in [6.07, 6.45) is 0. The van der Waals surface area contributed by atoms with Gasteiger partial charge in [0.15, 0.2) is 11.5 Å². The summed E-state index contributed by atoms with van der Waals surface area (Å²) < 4.78 is 28.7. The minimum Gasteiger partial charge on any atom is -0.497 e. The molecule has 0 saturated carbocycles. The number of hydrogen-bond donors (Lipinski definition) is 2. The van der Waals surface area contributed by atoms with Crippen LogP contribution in [0.25, 0.3) is 0 Å². The number of carbonyl (C=O) groups is 1. The van der Waals surface area contributed by atoms with Gasteiger partial charge in [-0.15, -0.1) is 0 Å². The molecule has 0 aliphatic carbocycles. The molecule has 5 unspecified atom stereocenters. The highest BCUT2D eigenvalue weighted by Crippen LogP contribution is 2.49. The molecule has 4 rings (SSSR count). The van der Waals surface area contributed by atoms with Gasteiger partial charge in [0.2, 0.25) is 6.79 Å². The molecule has 2 aliphatic heterocycles. The van der Waals surface area contributed by atoms with Crippen molar-refractivity contribution in [3.63, 3.8) is 0 Å². The van der Waals surface area contributed by atoms with Crippen LogP contribution in [0, 0.1) is 11.8 Å². The lowest BCUT2D eigenvalue weighted by atomic mass is 9.76. The standard InChI is InChI=1S/C23H27NO6S/c1-4-31(27)23(2,15-7-10-18-19(11-15)30-13-29-18)17-12-24-21(20(17)22(25)26)14-5-8-16(28-3)9-6-14/h5-11,17,20-21,24H,4,12-13H2,1-3H3,(H,25,26). The Bertz CT molecular complexity index is 994. The van der Waals surface area contributed by atoms with Crippen LogP contribution in [0.15, 0.2) is 42.5 Å². The lowest BCUT2D eigenvalue weighted by Crippen LogP contribution is -2.43. The van der Waals surface area contributed by atoms with E-state index in [1.165, 1.54) is 0 Å². The van der Waals surface area contributed by atoms with Crippen LogP contribution >= 0.6 is 0 Å². The zero-order chi connectivity index (χ0) is 22.2. The van der Waals surface area contributed by atoms with Gasteiger partial charge in [0.25, 0.3) is 0 Å². The monoisotopic (exact) mass is 445 g/mol. The van der Waals surface area contributed by atoms with E-state index in [4.69, 9.17) is 14.2 Å². The van der Waals surface area contributed by atoms with Gasteiger partial charge in [-0.1, -0.05) is 25.1 Å². The summed E-state index contributed by atoms with van der Waals surface area (Å²) in [6, 6.07) is 12.5. The molecule has 5 atom stereocenters. The van der Waals surface area contributed by atoms with Crippen LogP contribution < -0.4 is 19.5 Å². The Morgan fingerprint density at radius 1 is 1.23 bits per heavy atom. The van der Waals surface area contributed by atoms with Crippen molar-refractivity contribution in [1.29, 1.82) is 0 Å². The second kappa shape index (κ2) is 8.51. The Kier molecular flexibility index (Phi) is 5.94. The van der Waals surface area contributed by atoms with Gasteiger partial charge in [-0.2, -0.15) is 0 Å². The Hall–Kier alpha value is -2.58. The fraction of sp³-hybridized carbons (Fsp3) is 0.435. The molecule has 2 aromatic carbocycles. The van der Waals surface area contributed by atoms with Gasteiger partial charge in [0, 0.05) is 35.1 Å². The summed E-state index contributed by atoms with van der Waals surface area (Å²) in [5, 5.41) is 13.6. The molecule has 0 bridgehead atoms. The SMILES string of the molecule is CCS(=O)C(C)(c1ccc2c(c1)OCO2)C1CNC(c2ccc(OC)cc2)C1C(=O)O. The van der Waals surface area contributed by atoms with Crippen molar-refractivity contribution < 1.29 is 28.3 Å². The number of carboxylic acid groups (broad SMARTS) is 1. The number of hydrogen-bond acceptors (Lipinski definition) is 6. The minimum absolute atomic E-state index is 0.147. The van der Waals surface area contributed by atoms with Crippen LogP contribution in [-0.4, -0.2) is 41.5 Å². The third-order valence-corrected chi connectivity index (χ3v) is 8.51. The molecule has 166 valence electrons. The molecule has 31 heavy (non-hydrogen) atoms. The Labute approximate surface area is 184 Å². The number of ether oxygens (including phenoxy) is 3. The summed E-state index contributed by atoms with van der Waals surface area (Å²) in [5.41, 5.74) is 1.66.